The molecular weight excluding hydrogens is 287 g/mol. The zero-order valence-electron chi connectivity index (χ0n) is 8.98. The summed E-state index contributed by atoms with van der Waals surface area (Å²) in [7, 11) is 1.29. The molecule has 1 aromatic rings. The third kappa shape index (κ3) is 2.76. The van der Waals surface area contributed by atoms with E-state index in [0.717, 1.165) is 6.42 Å². The van der Waals surface area contributed by atoms with Crippen molar-refractivity contribution in [2.75, 3.05) is 7.05 Å². The maximum atomic E-state index is 12.8. The monoisotopic (exact) mass is 299 g/mol. The standard InChI is InChI=1S/C9H13BrF3N3/c1-3-4-16-7(6(10)5-15-16)8(14-2)9(11,12)13/h5,8,14H,3-4H2,1-2H3. The molecule has 1 heterocycles. The van der Waals surface area contributed by atoms with Crippen LogP contribution < -0.4 is 5.32 Å². The summed E-state index contributed by atoms with van der Waals surface area (Å²) < 4.78 is 40.0. The van der Waals surface area contributed by atoms with Gasteiger partial charge in [-0.25, -0.2) is 0 Å². The maximum absolute atomic E-state index is 12.8. The highest BCUT2D eigenvalue weighted by Gasteiger charge is 2.42. The number of hydrogen-bond acceptors (Lipinski definition) is 2. The lowest BCUT2D eigenvalue weighted by Crippen LogP contribution is -2.34. The molecule has 1 N–H and O–H groups in total. The van der Waals surface area contributed by atoms with Gasteiger partial charge in [-0.3, -0.25) is 4.68 Å². The van der Waals surface area contributed by atoms with Gasteiger partial charge >= 0.3 is 6.18 Å². The Bertz CT molecular complexity index is 348. The molecule has 0 amide bonds. The van der Waals surface area contributed by atoms with Gasteiger partial charge in [0.05, 0.1) is 16.4 Å². The summed E-state index contributed by atoms with van der Waals surface area (Å²) in [6.07, 6.45) is -2.21. The van der Waals surface area contributed by atoms with Gasteiger partial charge in [-0.05, 0) is 29.4 Å². The normalized spacial score (nSPS) is 14.1. The first-order valence-electron chi connectivity index (χ1n) is 4.87. The molecule has 0 radical (unpaired) electrons. The molecule has 3 nitrogen and oxygen atoms in total. The van der Waals surface area contributed by atoms with Crippen LogP contribution in [0.3, 0.4) is 0 Å². The molecule has 0 aromatic carbocycles. The van der Waals surface area contributed by atoms with E-state index in [1.807, 2.05) is 6.92 Å². The molecule has 0 fully saturated rings. The smallest absolute Gasteiger partial charge is 0.304 e. The van der Waals surface area contributed by atoms with E-state index in [4.69, 9.17) is 0 Å². The van der Waals surface area contributed by atoms with Crippen molar-refractivity contribution in [3.8, 4) is 0 Å². The highest BCUT2D eigenvalue weighted by atomic mass is 79.9. The molecule has 1 rings (SSSR count). The van der Waals surface area contributed by atoms with Gasteiger partial charge < -0.3 is 5.32 Å². The van der Waals surface area contributed by atoms with E-state index in [-0.39, 0.29) is 5.69 Å². The largest absolute Gasteiger partial charge is 0.409 e. The van der Waals surface area contributed by atoms with E-state index >= 15 is 0 Å². The van der Waals surface area contributed by atoms with Gasteiger partial charge in [0.25, 0.3) is 0 Å². The number of rotatable bonds is 4. The summed E-state index contributed by atoms with van der Waals surface area (Å²) in [5, 5.41) is 6.19. The highest BCUT2D eigenvalue weighted by Crippen LogP contribution is 2.35. The lowest BCUT2D eigenvalue weighted by atomic mass is 10.2. The highest BCUT2D eigenvalue weighted by molar-refractivity contribution is 9.10. The summed E-state index contributed by atoms with van der Waals surface area (Å²) in [5.74, 6) is 0. The molecule has 0 aliphatic carbocycles. The number of hydrogen-bond donors (Lipinski definition) is 1. The van der Waals surface area contributed by atoms with Crippen molar-refractivity contribution < 1.29 is 13.2 Å². The molecule has 0 spiro atoms. The molecule has 0 saturated carbocycles. The van der Waals surface area contributed by atoms with Gasteiger partial charge in [0.2, 0.25) is 0 Å². The third-order valence-corrected chi connectivity index (χ3v) is 2.77. The van der Waals surface area contributed by atoms with Gasteiger partial charge in [0, 0.05) is 6.54 Å². The van der Waals surface area contributed by atoms with Crippen molar-refractivity contribution in [3.05, 3.63) is 16.4 Å². The number of halogens is 4. The van der Waals surface area contributed by atoms with Crippen LogP contribution in [0.2, 0.25) is 0 Å². The molecule has 16 heavy (non-hydrogen) atoms. The van der Waals surface area contributed by atoms with Crippen molar-refractivity contribution in [2.45, 2.75) is 32.1 Å². The van der Waals surface area contributed by atoms with Crippen LogP contribution in [0.15, 0.2) is 10.7 Å². The average molecular weight is 300 g/mol. The van der Waals surface area contributed by atoms with Crippen molar-refractivity contribution >= 4 is 15.9 Å². The Kier molecular flexibility index (Phi) is 4.37. The first kappa shape index (κ1) is 13.5. The quantitative estimate of drug-likeness (QED) is 0.926. The summed E-state index contributed by atoms with van der Waals surface area (Å²) in [6, 6.07) is -1.70. The van der Waals surface area contributed by atoms with Crippen LogP contribution in [0.25, 0.3) is 0 Å². The minimum Gasteiger partial charge on any atom is -0.304 e. The average Bonchev–Trinajstić information content (AvgIpc) is 2.49. The fourth-order valence-corrected chi connectivity index (χ4v) is 2.03. The fourth-order valence-electron chi connectivity index (χ4n) is 1.50. The van der Waals surface area contributed by atoms with Crippen LogP contribution in [-0.4, -0.2) is 23.0 Å². The molecule has 0 bridgehead atoms. The van der Waals surface area contributed by atoms with E-state index < -0.39 is 12.2 Å². The Labute approximate surface area is 100 Å². The molecule has 0 aliphatic rings. The molecule has 1 atom stereocenters. The van der Waals surface area contributed by atoms with E-state index in [9.17, 15) is 13.2 Å². The Morgan fingerprint density at radius 3 is 2.62 bits per heavy atom. The third-order valence-electron chi connectivity index (χ3n) is 2.16. The van der Waals surface area contributed by atoms with Crippen LogP contribution in [-0.2, 0) is 6.54 Å². The second-order valence-electron chi connectivity index (χ2n) is 3.36. The van der Waals surface area contributed by atoms with Crippen LogP contribution in [0.4, 0.5) is 13.2 Å². The van der Waals surface area contributed by atoms with E-state index in [2.05, 4.69) is 26.3 Å². The predicted molar refractivity (Wildman–Crippen MR) is 58.1 cm³/mol. The SMILES string of the molecule is CCCn1ncc(Br)c1C(NC)C(F)(F)F. The predicted octanol–water partition coefficient (Wildman–Crippen LogP) is 2.88. The van der Waals surface area contributed by atoms with Crippen LogP contribution in [0, 0.1) is 0 Å². The Morgan fingerprint density at radius 1 is 1.56 bits per heavy atom. The Morgan fingerprint density at radius 2 is 2.19 bits per heavy atom. The molecule has 92 valence electrons. The fraction of sp³-hybridized carbons (Fsp3) is 0.667. The van der Waals surface area contributed by atoms with Gasteiger partial charge in [0.1, 0.15) is 6.04 Å². The van der Waals surface area contributed by atoms with E-state index in [1.54, 1.807) is 0 Å². The second kappa shape index (κ2) is 5.18. The van der Waals surface area contributed by atoms with Gasteiger partial charge in [-0.15, -0.1) is 0 Å². The molecule has 0 aliphatic heterocycles. The van der Waals surface area contributed by atoms with Gasteiger partial charge in [-0.1, -0.05) is 6.92 Å². The minimum atomic E-state index is -4.33. The molecule has 7 heteroatoms. The van der Waals surface area contributed by atoms with Crippen LogP contribution >= 0.6 is 15.9 Å². The number of nitrogens with one attached hydrogen (secondary N) is 1. The topological polar surface area (TPSA) is 29.9 Å². The molecule has 1 aromatic heterocycles. The summed E-state index contributed by atoms with van der Waals surface area (Å²) in [6.45, 7) is 2.36. The van der Waals surface area contributed by atoms with Crippen LogP contribution in [0.5, 0.6) is 0 Å². The lowest BCUT2D eigenvalue weighted by molar-refractivity contribution is -0.158. The number of nitrogens with zero attached hydrogens (tertiary/aromatic N) is 2. The second-order valence-corrected chi connectivity index (χ2v) is 4.22. The Balaban J connectivity index is 3.13. The first-order valence-corrected chi connectivity index (χ1v) is 5.66. The first-order chi connectivity index (χ1) is 7.41. The molecule has 1 unspecified atom stereocenters. The lowest BCUT2D eigenvalue weighted by Gasteiger charge is -2.21. The van der Waals surface area contributed by atoms with Crippen molar-refractivity contribution in [1.82, 2.24) is 15.1 Å². The number of aromatic nitrogens is 2. The summed E-state index contributed by atoms with van der Waals surface area (Å²) in [4.78, 5) is 0. The van der Waals surface area contributed by atoms with Crippen molar-refractivity contribution in [1.29, 1.82) is 0 Å². The molecular formula is C9H13BrF3N3. The summed E-state index contributed by atoms with van der Waals surface area (Å²) >= 11 is 3.10. The Hall–Kier alpha value is -0.560. The van der Waals surface area contributed by atoms with E-state index in [0.29, 0.717) is 11.0 Å². The zero-order chi connectivity index (χ0) is 12.3. The zero-order valence-corrected chi connectivity index (χ0v) is 10.6. The summed E-state index contributed by atoms with van der Waals surface area (Å²) in [5.41, 5.74) is 0.122. The van der Waals surface area contributed by atoms with Crippen molar-refractivity contribution in [3.63, 3.8) is 0 Å². The van der Waals surface area contributed by atoms with Crippen molar-refractivity contribution in [2.24, 2.45) is 0 Å². The number of aryl methyl sites for hydroxylation is 1. The van der Waals surface area contributed by atoms with Gasteiger partial charge in [-0.2, -0.15) is 18.3 Å². The van der Waals surface area contributed by atoms with E-state index in [1.165, 1.54) is 17.9 Å². The number of alkyl halides is 3. The van der Waals surface area contributed by atoms with Gasteiger partial charge in [0.15, 0.2) is 0 Å². The molecule has 0 saturated heterocycles. The minimum absolute atomic E-state index is 0.122. The van der Waals surface area contributed by atoms with Crippen LogP contribution in [0.1, 0.15) is 25.1 Å². The maximum Gasteiger partial charge on any atom is 0.409 e.